The van der Waals surface area contributed by atoms with E-state index in [1.54, 1.807) is 23.7 Å². The van der Waals surface area contributed by atoms with Crippen LogP contribution in [0.5, 0.6) is 0 Å². The Balaban J connectivity index is 1.67. The average Bonchev–Trinajstić information content (AvgIpc) is 2.69. The molecule has 2 rings (SSSR count). The lowest BCUT2D eigenvalue weighted by atomic mass is 10.2. The number of nitrogens with zero attached hydrogens (tertiary/aromatic N) is 1. The predicted molar refractivity (Wildman–Crippen MR) is 76.0 cm³/mol. The van der Waals surface area contributed by atoms with Crippen molar-refractivity contribution >= 4 is 23.6 Å². The number of carbonyl (C=O) groups is 2. The van der Waals surface area contributed by atoms with Gasteiger partial charge in [-0.2, -0.15) is 0 Å². The fraction of sp³-hybridized carbons (Fsp3) is 0.429. The summed E-state index contributed by atoms with van der Waals surface area (Å²) in [5.41, 5.74) is 0. The molecule has 19 heavy (non-hydrogen) atoms. The van der Waals surface area contributed by atoms with E-state index in [0.29, 0.717) is 19.4 Å². The molecule has 1 aromatic carbocycles. The van der Waals surface area contributed by atoms with Gasteiger partial charge in [0.05, 0.1) is 6.04 Å². The van der Waals surface area contributed by atoms with Gasteiger partial charge in [-0.1, -0.05) is 18.2 Å². The SMILES string of the molecule is CN1C[C@H](NC(=O)CCSc2ccccc2)CC1=O. The molecular weight excluding hydrogens is 260 g/mol. The third-order valence-corrected chi connectivity index (χ3v) is 4.06. The molecule has 1 N–H and O–H groups in total. The van der Waals surface area contributed by atoms with Gasteiger partial charge in [0.1, 0.15) is 0 Å². The minimum atomic E-state index is -0.0216. The maximum absolute atomic E-state index is 11.7. The van der Waals surface area contributed by atoms with Crippen LogP contribution in [-0.2, 0) is 9.59 Å². The normalized spacial score (nSPS) is 18.7. The standard InChI is InChI=1S/C14H18N2O2S/c1-16-10-11(9-14(16)18)15-13(17)7-8-19-12-5-3-2-4-6-12/h2-6,11H,7-10H2,1H3,(H,15,17)/t11-/m1/s1. The number of likely N-dealkylation sites (N-methyl/N-ethyl adjacent to an activating group) is 1. The van der Waals surface area contributed by atoms with Crippen LogP contribution in [0.15, 0.2) is 35.2 Å². The van der Waals surface area contributed by atoms with E-state index >= 15 is 0 Å². The third-order valence-electron chi connectivity index (χ3n) is 3.05. The molecule has 2 amide bonds. The van der Waals surface area contributed by atoms with Gasteiger partial charge < -0.3 is 10.2 Å². The van der Waals surface area contributed by atoms with Crippen LogP contribution in [0.25, 0.3) is 0 Å². The summed E-state index contributed by atoms with van der Waals surface area (Å²) in [7, 11) is 1.76. The summed E-state index contributed by atoms with van der Waals surface area (Å²) in [6, 6.07) is 10.0. The number of benzene rings is 1. The predicted octanol–water partition coefficient (Wildman–Crippen LogP) is 1.52. The second kappa shape index (κ2) is 6.61. The second-order valence-electron chi connectivity index (χ2n) is 4.65. The highest BCUT2D eigenvalue weighted by atomic mass is 32.2. The van der Waals surface area contributed by atoms with Gasteiger partial charge in [0.2, 0.25) is 11.8 Å². The maximum atomic E-state index is 11.7. The Kier molecular flexibility index (Phi) is 4.85. The molecule has 4 nitrogen and oxygen atoms in total. The monoisotopic (exact) mass is 278 g/mol. The Morgan fingerprint density at radius 1 is 1.42 bits per heavy atom. The van der Waals surface area contributed by atoms with Crippen molar-refractivity contribution in [3.63, 3.8) is 0 Å². The lowest BCUT2D eigenvalue weighted by molar-refractivity contribution is -0.126. The molecule has 5 heteroatoms. The van der Waals surface area contributed by atoms with Gasteiger partial charge in [-0.05, 0) is 12.1 Å². The highest BCUT2D eigenvalue weighted by molar-refractivity contribution is 7.99. The van der Waals surface area contributed by atoms with Crippen molar-refractivity contribution in [2.45, 2.75) is 23.8 Å². The molecule has 1 atom stereocenters. The summed E-state index contributed by atoms with van der Waals surface area (Å²) in [6.45, 7) is 0.621. The molecule has 1 aliphatic rings. The minimum Gasteiger partial charge on any atom is -0.351 e. The first-order chi connectivity index (χ1) is 9.15. The van der Waals surface area contributed by atoms with Gasteiger partial charge in [0.25, 0.3) is 0 Å². The smallest absolute Gasteiger partial charge is 0.224 e. The van der Waals surface area contributed by atoms with Crippen molar-refractivity contribution in [1.29, 1.82) is 0 Å². The zero-order valence-corrected chi connectivity index (χ0v) is 11.8. The summed E-state index contributed by atoms with van der Waals surface area (Å²) in [4.78, 5) is 25.9. The van der Waals surface area contributed by atoms with E-state index in [2.05, 4.69) is 5.32 Å². The van der Waals surface area contributed by atoms with Crippen LogP contribution in [-0.4, -0.2) is 42.1 Å². The van der Waals surface area contributed by atoms with Crippen LogP contribution >= 0.6 is 11.8 Å². The molecule has 0 saturated carbocycles. The van der Waals surface area contributed by atoms with E-state index in [-0.39, 0.29) is 17.9 Å². The average molecular weight is 278 g/mol. The molecule has 1 aliphatic heterocycles. The molecular formula is C14H18N2O2S. The lowest BCUT2D eigenvalue weighted by Crippen LogP contribution is -2.36. The molecule has 0 aliphatic carbocycles. The Hall–Kier alpha value is -1.49. The highest BCUT2D eigenvalue weighted by Gasteiger charge is 2.27. The molecule has 1 aromatic rings. The van der Waals surface area contributed by atoms with E-state index in [1.807, 2.05) is 30.3 Å². The van der Waals surface area contributed by atoms with E-state index in [9.17, 15) is 9.59 Å². The molecule has 0 unspecified atom stereocenters. The number of nitrogens with one attached hydrogen (secondary N) is 1. The number of likely N-dealkylation sites (tertiary alicyclic amines) is 1. The molecule has 1 heterocycles. The summed E-state index contributed by atoms with van der Waals surface area (Å²) in [5, 5.41) is 2.91. The number of hydrogen-bond acceptors (Lipinski definition) is 3. The first kappa shape index (κ1) is 13.9. The molecule has 0 bridgehead atoms. The van der Waals surface area contributed by atoms with E-state index in [4.69, 9.17) is 0 Å². The Labute approximate surface area is 117 Å². The zero-order valence-electron chi connectivity index (χ0n) is 11.0. The quantitative estimate of drug-likeness (QED) is 0.831. The van der Waals surface area contributed by atoms with Crippen molar-refractivity contribution in [3.8, 4) is 0 Å². The Morgan fingerprint density at radius 2 is 2.16 bits per heavy atom. The summed E-state index contributed by atoms with van der Waals surface area (Å²) < 4.78 is 0. The van der Waals surface area contributed by atoms with Crippen LogP contribution in [0.1, 0.15) is 12.8 Å². The maximum Gasteiger partial charge on any atom is 0.224 e. The minimum absolute atomic E-state index is 0.0216. The molecule has 0 radical (unpaired) electrons. The Bertz CT molecular complexity index is 450. The third kappa shape index (κ3) is 4.28. The van der Waals surface area contributed by atoms with Crippen molar-refractivity contribution in [1.82, 2.24) is 10.2 Å². The molecule has 1 fully saturated rings. The van der Waals surface area contributed by atoms with Crippen molar-refractivity contribution in [2.75, 3.05) is 19.3 Å². The fourth-order valence-corrected chi connectivity index (χ4v) is 2.91. The van der Waals surface area contributed by atoms with Gasteiger partial charge in [-0.3, -0.25) is 9.59 Å². The van der Waals surface area contributed by atoms with Crippen molar-refractivity contribution in [2.24, 2.45) is 0 Å². The van der Waals surface area contributed by atoms with Crippen LogP contribution < -0.4 is 5.32 Å². The largest absolute Gasteiger partial charge is 0.351 e. The van der Waals surface area contributed by atoms with Gasteiger partial charge in [0.15, 0.2) is 0 Å². The lowest BCUT2D eigenvalue weighted by Gasteiger charge is -2.12. The number of carbonyl (C=O) groups excluding carboxylic acids is 2. The Morgan fingerprint density at radius 3 is 2.79 bits per heavy atom. The van der Waals surface area contributed by atoms with Crippen molar-refractivity contribution < 1.29 is 9.59 Å². The second-order valence-corrected chi connectivity index (χ2v) is 5.82. The van der Waals surface area contributed by atoms with Gasteiger partial charge >= 0.3 is 0 Å². The molecule has 102 valence electrons. The summed E-state index contributed by atoms with van der Waals surface area (Å²) in [6.07, 6.45) is 0.905. The van der Waals surface area contributed by atoms with Gasteiger partial charge in [0, 0.05) is 37.1 Å². The molecule has 0 spiro atoms. The number of rotatable bonds is 5. The number of amides is 2. The number of thioether (sulfide) groups is 1. The van der Waals surface area contributed by atoms with Crippen LogP contribution in [0.4, 0.5) is 0 Å². The van der Waals surface area contributed by atoms with Crippen LogP contribution in [0.3, 0.4) is 0 Å². The number of hydrogen-bond donors (Lipinski definition) is 1. The van der Waals surface area contributed by atoms with Gasteiger partial charge in [-0.15, -0.1) is 11.8 Å². The van der Waals surface area contributed by atoms with Crippen LogP contribution in [0.2, 0.25) is 0 Å². The topological polar surface area (TPSA) is 49.4 Å². The zero-order chi connectivity index (χ0) is 13.7. The molecule has 0 aromatic heterocycles. The molecule has 1 saturated heterocycles. The summed E-state index contributed by atoms with van der Waals surface area (Å²) >= 11 is 1.67. The van der Waals surface area contributed by atoms with Crippen LogP contribution in [0, 0.1) is 0 Å². The first-order valence-corrected chi connectivity index (χ1v) is 7.35. The van der Waals surface area contributed by atoms with E-state index < -0.39 is 0 Å². The van der Waals surface area contributed by atoms with E-state index in [0.717, 1.165) is 5.75 Å². The highest BCUT2D eigenvalue weighted by Crippen LogP contribution is 2.17. The fourth-order valence-electron chi connectivity index (χ4n) is 2.04. The first-order valence-electron chi connectivity index (χ1n) is 6.36. The van der Waals surface area contributed by atoms with Crippen molar-refractivity contribution in [3.05, 3.63) is 30.3 Å². The van der Waals surface area contributed by atoms with E-state index in [1.165, 1.54) is 4.90 Å². The summed E-state index contributed by atoms with van der Waals surface area (Å²) in [5.74, 6) is 0.882. The van der Waals surface area contributed by atoms with Gasteiger partial charge in [-0.25, -0.2) is 0 Å².